The molecule has 6 heteroatoms. The van der Waals surface area contributed by atoms with Crippen molar-refractivity contribution in [3.63, 3.8) is 0 Å². The number of aromatic nitrogens is 1. The summed E-state index contributed by atoms with van der Waals surface area (Å²) in [5.74, 6) is -0.296. The largest absolute Gasteiger partial charge is 0.332 e. The van der Waals surface area contributed by atoms with Crippen LogP contribution in [0.2, 0.25) is 0 Å². The molecule has 2 aromatic carbocycles. The van der Waals surface area contributed by atoms with Crippen LogP contribution in [0, 0.1) is 5.82 Å². The minimum absolute atomic E-state index is 0.0182. The summed E-state index contributed by atoms with van der Waals surface area (Å²) in [7, 11) is 0. The number of halogens is 1. The first kappa shape index (κ1) is 16.1. The van der Waals surface area contributed by atoms with E-state index in [0.717, 1.165) is 27.8 Å². The zero-order chi connectivity index (χ0) is 16.9. The van der Waals surface area contributed by atoms with Gasteiger partial charge in [-0.25, -0.2) is 9.37 Å². The first-order valence-corrected chi connectivity index (χ1v) is 8.40. The van der Waals surface area contributed by atoms with Crippen LogP contribution < -0.4 is 10.6 Å². The lowest BCUT2D eigenvalue weighted by molar-refractivity contribution is -0.115. The average molecular weight is 341 g/mol. The van der Waals surface area contributed by atoms with Crippen molar-refractivity contribution < 1.29 is 9.18 Å². The van der Waals surface area contributed by atoms with Gasteiger partial charge in [-0.2, -0.15) is 0 Å². The second-order valence-corrected chi connectivity index (χ2v) is 6.01. The Bertz CT molecular complexity index is 845. The number of hydrogen-bond donors (Lipinski definition) is 2. The molecule has 0 spiro atoms. The van der Waals surface area contributed by atoms with Crippen LogP contribution in [0.1, 0.15) is 13.3 Å². The van der Waals surface area contributed by atoms with E-state index in [4.69, 9.17) is 0 Å². The van der Waals surface area contributed by atoms with Gasteiger partial charge in [-0.3, -0.25) is 4.79 Å². The van der Waals surface area contributed by atoms with Gasteiger partial charge in [0.15, 0.2) is 5.13 Å². The van der Waals surface area contributed by atoms with Gasteiger partial charge in [0.25, 0.3) is 0 Å². The Morgan fingerprint density at radius 3 is 2.62 bits per heavy atom. The first-order valence-electron chi connectivity index (χ1n) is 7.52. The second-order valence-electron chi connectivity index (χ2n) is 5.15. The van der Waals surface area contributed by atoms with E-state index >= 15 is 0 Å². The van der Waals surface area contributed by atoms with Crippen LogP contribution in [0.15, 0.2) is 53.9 Å². The number of carbonyl (C=O) groups excluding carboxylic acids is 1. The maximum absolute atomic E-state index is 13.3. The quantitative estimate of drug-likeness (QED) is 0.683. The zero-order valence-electron chi connectivity index (χ0n) is 13.0. The number of nitrogens with one attached hydrogen (secondary N) is 2. The van der Waals surface area contributed by atoms with Gasteiger partial charge in [0.2, 0.25) is 5.91 Å². The Kier molecular flexibility index (Phi) is 4.86. The molecule has 0 atom stereocenters. The third kappa shape index (κ3) is 3.97. The molecule has 3 rings (SSSR count). The highest BCUT2D eigenvalue weighted by Gasteiger charge is 2.06. The van der Waals surface area contributed by atoms with E-state index < -0.39 is 0 Å². The monoisotopic (exact) mass is 341 g/mol. The molecule has 1 aromatic heterocycles. The van der Waals surface area contributed by atoms with Gasteiger partial charge in [0.05, 0.1) is 5.69 Å². The number of anilines is 3. The average Bonchev–Trinajstić information content (AvgIpc) is 3.05. The van der Waals surface area contributed by atoms with Crippen molar-refractivity contribution in [2.24, 2.45) is 0 Å². The highest BCUT2D eigenvalue weighted by atomic mass is 32.1. The smallest absolute Gasteiger partial charge is 0.224 e. The van der Waals surface area contributed by atoms with Crippen molar-refractivity contribution in [1.82, 2.24) is 4.98 Å². The van der Waals surface area contributed by atoms with Gasteiger partial charge in [-0.05, 0) is 36.4 Å². The van der Waals surface area contributed by atoms with Crippen molar-refractivity contribution in [2.75, 3.05) is 10.6 Å². The summed E-state index contributed by atoms with van der Waals surface area (Å²) in [5, 5.41) is 8.61. The Morgan fingerprint density at radius 2 is 1.92 bits per heavy atom. The number of benzene rings is 2. The molecule has 1 heterocycles. The summed E-state index contributed by atoms with van der Waals surface area (Å²) in [4.78, 5) is 15.8. The molecule has 0 aliphatic heterocycles. The van der Waals surface area contributed by atoms with E-state index in [9.17, 15) is 9.18 Å². The number of amides is 1. The van der Waals surface area contributed by atoms with Crippen molar-refractivity contribution in [2.45, 2.75) is 13.3 Å². The predicted octanol–water partition coefficient (Wildman–Crippen LogP) is 5.04. The van der Waals surface area contributed by atoms with Crippen molar-refractivity contribution in [1.29, 1.82) is 0 Å². The van der Waals surface area contributed by atoms with Crippen LogP contribution >= 0.6 is 11.3 Å². The summed E-state index contributed by atoms with van der Waals surface area (Å²) in [6, 6.07) is 13.8. The number of nitrogens with zero attached hydrogens (tertiary/aromatic N) is 1. The van der Waals surface area contributed by atoms with E-state index in [1.54, 1.807) is 6.07 Å². The number of carbonyl (C=O) groups is 1. The Balaban J connectivity index is 1.69. The molecule has 122 valence electrons. The minimum atomic E-state index is -0.278. The Hall–Kier alpha value is -2.73. The molecular weight excluding hydrogens is 325 g/mol. The highest BCUT2D eigenvalue weighted by molar-refractivity contribution is 7.14. The molecular formula is C18H16FN3OS. The minimum Gasteiger partial charge on any atom is -0.332 e. The van der Waals surface area contributed by atoms with Gasteiger partial charge >= 0.3 is 0 Å². The molecule has 0 unspecified atom stereocenters. The highest BCUT2D eigenvalue weighted by Crippen LogP contribution is 2.27. The number of hydrogen-bond acceptors (Lipinski definition) is 4. The molecule has 0 aliphatic rings. The molecule has 0 fully saturated rings. The fraction of sp³-hybridized carbons (Fsp3) is 0.111. The summed E-state index contributed by atoms with van der Waals surface area (Å²) in [5.41, 5.74) is 3.10. The normalized spacial score (nSPS) is 10.4. The van der Waals surface area contributed by atoms with Gasteiger partial charge in [-0.15, -0.1) is 11.3 Å². The molecule has 0 aliphatic carbocycles. The lowest BCUT2D eigenvalue weighted by Crippen LogP contribution is -2.09. The van der Waals surface area contributed by atoms with Crippen molar-refractivity contribution >= 4 is 33.8 Å². The number of thiazole rings is 1. The fourth-order valence-corrected chi connectivity index (χ4v) is 2.86. The van der Waals surface area contributed by atoms with Crippen LogP contribution in [-0.4, -0.2) is 10.9 Å². The predicted molar refractivity (Wildman–Crippen MR) is 96.2 cm³/mol. The molecule has 0 saturated carbocycles. The first-order chi connectivity index (χ1) is 11.6. The lowest BCUT2D eigenvalue weighted by Gasteiger charge is -2.06. The van der Waals surface area contributed by atoms with Gasteiger partial charge in [0, 0.05) is 28.7 Å². The van der Waals surface area contributed by atoms with E-state index in [1.807, 2.05) is 42.6 Å². The Morgan fingerprint density at radius 1 is 1.17 bits per heavy atom. The molecule has 0 saturated heterocycles. The van der Waals surface area contributed by atoms with E-state index in [1.165, 1.54) is 23.5 Å². The van der Waals surface area contributed by atoms with Gasteiger partial charge in [-0.1, -0.05) is 19.1 Å². The lowest BCUT2D eigenvalue weighted by atomic mass is 10.2. The molecule has 3 aromatic rings. The van der Waals surface area contributed by atoms with E-state index in [-0.39, 0.29) is 11.7 Å². The SMILES string of the molecule is CCC(=O)Nc1ccc(Nc2nc(-c3cccc(F)c3)cs2)cc1. The van der Waals surface area contributed by atoms with Gasteiger partial charge < -0.3 is 10.6 Å². The molecule has 24 heavy (non-hydrogen) atoms. The van der Waals surface area contributed by atoms with E-state index in [2.05, 4.69) is 15.6 Å². The summed E-state index contributed by atoms with van der Waals surface area (Å²) in [6.45, 7) is 1.81. The molecule has 1 amide bonds. The molecule has 2 N–H and O–H groups in total. The molecule has 0 radical (unpaired) electrons. The maximum atomic E-state index is 13.3. The standard InChI is InChI=1S/C18H16FN3OS/c1-2-17(23)20-14-6-8-15(9-7-14)21-18-22-16(11-24-18)12-4-3-5-13(19)10-12/h3-11H,2H2,1H3,(H,20,23)(H,21,22). The van der Waals surface area contributed by atoms with E-state index in [0.29, 0.717) is 6.42 Å². The third-order valence-electron chi connectivity index (χ3n) is 3.37. The zero-order valence-corrected chi connectivity index (χ0v) is 13.9. The summed E-state index contributed by atoms with van der Waals surface area (Å²) >= 11 is 1.45. The fourth-order valence-electron chi connectivity index (χ4n) is 2.12. The van der Waals surface area contributed by atoms with Crippen LogP contribution in [-0.2, 0) is 4.79 Å². The number of rotatable bonds is 5. The van der Waals surface area contributed by atoms with Gasteiger partial charge in [0.1, 0.15) is 5.82 Å². The van der Waals surface area contributed by atoms with Crippen LogP contribution in [0.25, 0.3) is 11.3 Å². The van der Waals surface area contributed by atoms with Crippen molar-refractivity contribution in [3.8, 4) is 11.3 Å². The summed E-state index contributed by atoms with van der Waals surface area (Å²) in [6.07, 6.45) is 0.446. The topological polar surface area (TPSA) is 54.0 Å². The molecule has 0 bridgehead atoms. The second kappa shape index (κ2) is 7.23. The van der Waals surface area contributed by atoms with Crippen molar-refractivity contribution in [3.05, 3.63) is 59.7 Å². The molecule has 4 nitrogen and oxygen atoms in total. The van der Waals surface area contributed by atoms with Crippen LogP contribution in [0.4, 0.5) is 20.9 Å². The Labute approximate surface area is 143 Å². The maximum Gasteiger partial charge on any atom is 0.224 e. The van der Waals surface area contributed by atoms with Crippen LogP contribution in [0.5, 0.6) is 0 Å². The summed E-state index contributed by atoms with van der Waals surface area (Å²) < 4.78 is 13.3. The van der Waals surface area contributed by atoms with Crippen LogP contribution in [0.3, 0.4) is 0 Å². The third-order valence-corrected chi connectivity index (χ3v) is 4.12.